The van der Waals surface area contributed by atoms with Crippen LogP contribution in [0.25, 0.3) is 0 Å². The Morgan fingerprint density at radius 1 is 1.33 bits per heavy atom. The molecule has 2 heterocycles. The molecule has 1 atom stereocenters. The van der Waals surface area contributed by atoms with Crippen LogP contribution in [0.3, 0.4) is 0 Å². The fourth-order valence-corrected chi connectivity index (χ4v) is 3.21. The molecule has 0 bridgehead atoms. The van der Waals surface area contributed by atoms with Crippen LogP contribution in [0, 0.1) is 5.92 Å². The lowest BCUT2D eigenvalue weighted by Gasteiger charge is -2.31. The fourth-order valence-electron chi connectivity index (χ4n) is 3.21. The molecule has 0 unspecified atom stereocenters. The monoisotopic (exact) mass is 418 g/mol. The highest BCUT2D eigenvalue weighted by molar-refractivity contribution is 5.99. The second-order valence-corrected chi connectivity index (χ2v) is 7.34. The van der Waals surface area contributed by atoms with Gasteiger partial charge in [0.05, 0.1) is 6.61 Å². The Morgan fingerprint density at radius 2 is 2.03 bits per heavy atom. The zero-order valence-corrected chi connectivity index (χ0v) is 17.2. The number of H-pyrrole nitrogens is 1. The number of benzene rings is 1. The van der Waals surface area contributed by atoms with Crippen LogP contribution in [0.4, 0.5) is 11.5 Å². The third-order valence-electron chi connectivity index (χ3n) is 4.60. The zero-order chi connectivity index (χ0) is 21.8. The number of methoxy groups -OCH3 is 1. The van der Waals surface area contributed by atoms with Crippen molar-refractivity contribution in [3.05, 3.63) is 45.1 Å². The Labute approximate surface area is 173 Å². The van der Waals surface area contributed by atoms with Crippen molar-refractivity contribution in [3.63, 3.8) is 0 Å². The standard InChI is InChI=1S/C20H26N4O6/c1-12(2)10-24-17(21)16(18(25)22-20(24)27)23(8-9-28-3)19(26)15-11-29-13-6-4-5-7-14(13)30-15/h4-7,12,15H,8-11,21H2,1-3H3,(H,22,25,27)/t15-/m1/s1. The number of nitrogen functional groups attached to an aromatic ring is 1. The number of carbonyl (C=O) groups is 1. The van der Waals surface area contributed by atoms with Gasteiger partial charge in [0.15, 0.2) is 17.2 Å². The number of hydrogen-bond donors (Lipinski definition) is 2. The molecule has 162 valence electrons. The van der Waals surface area contributed by atoms with Gasteiger partial charge in [0.1, 0.15) is 12.4 Å². The number of carbonyl (C=O) groups excluding carboxylic acids is 1. The number of nitrogens with two attached hydrogens (primary N) is 1. The third kappa shape index (κ3) is 4.33. The number of amides is 1. The molecule has 0 saturated heterocycles. The van der Waals surface area contributed by atoms with Gasteiger partial charge in [-0.25, -0.2) is 4.79 Å². The number of ether oxygens (including phenoxy) is 3. The number of nitrogens with one attached hydrogen (secondary N) is 1. The van der Waals surface area contributed by atoms with Crippen LogP contribution in [0.5, 0.6) is 11.5 Å². The summed E-state index contributed by atoms with van der Waals surface area (Å²) in [6, 6.07) is 7.00. The van der Waals surface area contributed by atoms with Crippen LogP contribution >= 0.6 is 0 Å². The molecule has 1 aromatic carbocycles. The second-order valence-electron chi connectivity index (χ2n) is 7.34. The van der Waals surface area contributed by atoms with Crippen molar-refractivity contribution < 1.29 is 19.0 Å². The van der Waals surface area contributed by atoms with Crippen LogP contribution in [0.2, 0.25) is 0 Å². The molecular formula is C20H26N4O6. The minimum absolute atomic E-state index is 0.0250. The highest BCUT2D eigenvalue weighted by Crippen LogP contribution is 2.32. The normalized spacial score (nSPS) is 15.3. The van der Waals surface area contributed by atoms with Crippen molar-refractivity contribution in [1.29, 1.82) is 0 Å². The van der Waals surface area contributed by atoms with E-state index in [1.807, 2.05) is 13.8 Å². The minimum Gasteiger partial charge on any atom is -0.485 e. The van der Waals surface area contributed by atoms with Gasteiger partial charge in [-0.2, -0.15) is 0 Å². The molecule has 0 saturated carbocycles. The van der Waals surface area contributed by atoms with Crippen LogP contribution in [-0.4, -0.2) is 48.4 Å². The molecule has 0 spiro atoms. The predicted octanol–water partition coefficient (Wildman–Crippen LogP) is 0.594. The first-order valence-corrected chi connectivity index (χ1v) is 9.64. The average molecular weight is 418 g/mol. The van der Waals surface area contributed by atoms with E-state index in [1.165, 1.54) is 16.6 Å². The topological polar surface area (TPSA) is 129 Å². The highest BCUT2D eigenvalue weighted by Gasteiger charge is 2.34. The quantitative estimate of drug-likeness (QED) is 0.673. The summed E-state index contributed by atoms with van der Waals surface area (Å²) in [6.07, 6.45) is -0.985. The lowest BCUT2D eigenvalue weighted by atomic mass is 10.2. The number of fused-ring (bicyclic) bond motifs is 1. The molecule has 1 aromatic heterocycles. The largest absolute Gasteiger partial charge is 0.485 e. The van der Waals surface area contributed by atoms with Gasteiger partial charge in [-0.05, 0) is 18.1 Å². The first-order valence-electron chi connectivity index (χ1n) is 9.64. The van der Waals surface area contributed by atoms with Crippen molar-refractivity contribution in [2.75, 3.05) is 37.5 Å². The number of hydrogen-bond acceptors (Lipinski definition) is 7. The van der Waals surface area contributed by atoms with Crippen molar-refractivity contribution in [2.24, 2.45) is 5.92 Å². The summed E-state index contributed by atoms with van der Waals surface area (Å²) in [7, 11) is 1.48. The first-order chi connectivity index (χ1) is 14.3. The average Bonchev–Trinajstić information content (AvgIpc) is 2.72. The molecule has 3 rings (SSSR count). The summed E-state index contributed by atoms with van der Waals surface area (Å²) < 4.78 is 17.8. The van der Waals surface area contributed by atoms with Gasteiger partial charge in [0.25, 0.3) is 11.5 Å². The molecule has 0 aliphatic carbocycles. The van der Waals surface area contributed by atoms with E-state index in [2.05, 4.69) is 4.98 Å². The van der Waals surface area contributed by atoms with E-state index >= 15 is 0 Å². The molecule has 0 radical (unpaired) electrons. The van der Waals surface area contributed by atoms with Gasteiger partial charge in [0, 0.05) is 20.2 Å². The summed E-state index contributed by atoms with van der Waals surface area (Å²) in [5.74, 6) is 0.458. The zero-order valence-electron chi connectivity index (χ0n) is 17.2. The lowest BCUT2D eigenvalue weighted by molar-refractivity contribution is -0.127. The Bertz CT molecular complexity index is 1030. The number of rotatable bonds is 7. The molecule has 1 aliphatic heterocycles. The molecule has 0 fully saturated rings. The molecule has 10 nitrogen and oxygen atoms in total. The third-order valence-corrected chi connectivity index (χ3v) is 4.60. The Morgan fingerprint density at radius 3 is 2.70 bits per heavy atom. The molecule has 3 N–H and O–H groups in total. The second kappa shape index (κ2) is 9.04. The van der Waals surface area contributed by atoms with Gasteiger partial charge in [-0.1, -0.05) is 26.0 Å². The Hall–Kier alpha value is -3.27. The summed E-state index contributed by atoms with van der Waals surface area (Å²) in [6.45, 7) is 4.28. The number of nitrogens with zero attached hydrogens (tertiary/aromatic N) is 2. The van der Waals surface area contributed by atoms with E-state index in [0.29, 0.717) is 11.5 Å². The number of aromatic nitrogens is 2. The summed E-state index contributed by atoms with van der Waals surface area (Å²) in [4.78, 5) is 41.6. The summed E-state index contributed by atoms with van der Waals surface area (Å²) in [5, 5.41) is 0. The van der Waals surface area contributed by atoms with E-state index in [1.54, 1.807) is 24.3 Å². The molecule has 1 aliphatic rings. The van der Waals surface area contributed by atoms with Gasteiger partial charge >= 0.3 is 5.69 Å². The van der Waals surface area contributed by atoms with E-state index < -0.39 is 23.3 Å². The maximum absolute atomic E-state index is 13.3. The minimum atomic E-state index is -0.985. The highest BCUT2D eigenvalue weighted by atomic mass is 16.6. The number of aromatic amines is 1. The SMILES string of the molecule is COCCN(C(=O)[C@H]1COc2ccccc2O1)c1c(N)n(CC(C)C)c(=O)[nH]c1=O. The predicted molar refractivity (Wildman–Crippen MR) is 111 cm³/mol. The smallest absolute Gasteiger partial charge is 0.330 e. The number of anilines is 2. The maximum Gasteiger partial charge on any atom is 0.330 e. The van der Waals surface area contributed by atoms with Gasteiger partial charge in [-0.3, -0.25) is 24.0 Å². The Kier molecular flexibility index (Phi) is 6.46. The Balaban J connectivity index is 2.00. The summed E-state index contributed by atoms with van der Waals surface area (Å²) in [5.41, 5.74) is 4.70. The van der Waals surface area contributed by atoms with Crippen LogP contribution in [0.1, 0.15) is 13.8 Å². The molecule has 2 aromatic rings. The van der Waals surface area contributed by atoms with Crippen molar-refractivity contribution in [3.8, 4) is 11.5 Å². The van der Waals surface area contributed by atoms with Crippen LogP contribution in [0.15, 0.2) is 33.9 Å². The first kappa shape index (κ1) is 21.4. The fraction of sp³-hybridized carbons (Fsp3) is 0.450. The van der Waals surface area contributed by atoms with E-state index in [4.69, 9.17) is 19.9 Å². The van der Waals surface area contributed by atoms with Gasteiger partial charge in [0.2, 0.25) is 6.10 Å². The van der Waals surface area contributed by atoms with E-state index in [9.17, 15) is 14.4 Å². The van der Waals surface area contributed by atoms with Crippen molar-refractivity contribution in [1.82, 2.24) is 9.55 Å². The van der Waals surface area contributed by atoms with Gasteiger partial charge in [-0.15, -0.1) is 0 Å². The number of para-hydroxylation sites is 2. The lowest BCUT2D eigenvalue weighted by Crippen LogP contribution is -2.50. The van der Waals surface area contributed by atoms with E-state index in [0.717, 1.165) is 0 Å². The molecule has 10 heteroatoms. The maximum atomic E-state index is 13.3. The van der Waals surface area contributed by atoms with Crippen molar-refractivity contribution >= 4 is 17.4 Å². The van der Waals surface area contributed by atoms with Crippen LogP contribution in [-0.2, 0) is 16.1 Å². The summed E-state index contributed by atoms with van der Waals surface area (Å²) >= 11 is 0. The molecule has 1 amide bonds. The van der Waals surface area contributed by atoms with Gasteiger partial charge < -0.3 is 19.9 Å². The van der Waals surface area contributed by atoms with Crippen LogP contribution < -0.4 is 31.4 Å². The van der Waals surface area contributed by atoms with Crippen molar-refractivity contribution in [2.45, 2.75) is 26.5 Å². The molecule has 30 heavy (non-hydrogen) atoms. The molecular weight excluding hydrogens is 392 g/mol. The van der Waals surface area contributed by atoms with E-state index in [-0.39, 0.29) is 43.7 Å².